The number of hydrogen-bond donors (Lipinski definition) is 2. The molecule has 0 fully saturated rings. The van der Waals surface area contributed by atoms with Crippen molar-refractivity contribution in [2.45, 2.75) is 13.0 Å². The minimum absolute atomic E-state index is 0.715. The lowest BCUT2D eigenvalue weighted by Gasteiger charge is -2.12. The maximum Gasteiger partial charge on any atom is 0.137 e. The highest BCUT2D eigenvalue weighted by molar-refractivity contribution is 9.11. The summed E-state index contributed by atoms with van der Waals surface area (Å²) in [5.41, 5.74) is 6.56. The number of methoxy groups -OCH3 is 1. The highest BCUT2D eigenvalue weighted by atomic mass is 79.9. The van der Waals surface area contributed by atoms with E-state index in [4.69, 9.17) is 10.5 Å². The van der Waals surface area contributed by atoms with Crippen LogP contribution in [0, 0.1) is 0 Å². The van der Waals surface area contributed by atoms with Crippen LogP contribution in [0.15, 0.2) is 21.1 Å². The van der Waals surface area contributed by atoms with Crippen LogP contribution in [-0.4, -0.2) is 20.2 Å². The van der Waals surface area contributed by atoms with Crippen molar-refractivity contribution < 1.29 is 4.74 Å². The molecule has 16 heavy (non-hydrogen) atoms. The molecule has 0 aliphatic carbocycles. The molecule has 1 rings (SSSR count). The Morgan fingerprint density at radius 1 is 1.38 bits per heavy atom. The molecule has 90 valence electrons. The van der Waals surface area contributed by atoms with Gasteiger partial charge in [0.25, 0.3) is 0 Å². The Hall–Kier alpha value is -0.100. The average Bonchev–Trinajstić information content (AvgIpc) is 2.24. The molecule has 0 aliphatic heterocycles. The SMILES string of the molecule is COc1c(Br)cc(Br)cc1CNCCCN. The Balaban J connectivity index is 2.69. The third-order valence-electron chi connectivity index (χ3n) is 2.16. The second-order valence-electron chi connectivity index (χ2n) is 3.40. The van der Waals surface area contributed by atoms with Gasteiger partial charge in [0, 0.05) is 16.6 Å². The van der Waals surface area contributed by atoms with Crippen molar-refractivity contribution in [1.82, 2.24) is 5.32 Å². The molecule has 3 N–H and O–H groups in total. The van der Waals surface area contributed by atoms with Gasteiger partial charge in [-0.25, -0.2) is 0 Å². The first-order valence-corrected chi connectivity index (χ1v) is 6.70. The highest BCUT2D eigenvalue weighted by Crippen LogP contribution is 2.32. The van der Waals surface area contributed by atoms with E-state index in [0.29, 0.717) is 6.54 Å². The van der Waals surface area contributed by atoms with Gasteiger partial charge in [-0.3, -0.25) is 0 Å². The molecule has 1 aromatic rings. The third kappa shape index (κ3) is 4.05. The molecule has 0 heterocycles. The first kappa shape index (κ1) is 14.0. The Bertz CT molecular complexity index is 345. The van der Waals surface area contributed by atoms with Crippen LogP contribution in [0.5, 0.6) is 5.75 Å². The number of halogens is 2. The topological polar surface area (TPSA) is 47.3 Å². The number of ether oxygens (including phenoxy) is 1. The smallest absolute Gasteiger partial charge is 0.137 e. The van der Waals surface area contributed by atoms with Gasteiger partial charge in [0.05, 0.1) is 11.6 Å². The molecule has 5 heteroatoms. The summed E-state index contributed by atoms with van der Waals surface area (Å²) in [5, 5.41) is 3.33. The van der Waals surface area contributed by atoms with E-state index < -0.39 is 0 Å². The van der Waals surface area contributed by atoms with E-state index >= 15 is 0 Å². The molecule has 0 radical (unpaired) electrons. The van der Waals surface area contributed by atoms with Crippen LogP contribution in [0.1, 0.15) is 12.0 Å². The van der Waals surface area contributed by atoms with Gasteiger partial charge in [0.2, 0.25) is 0 Å². The van der Waals surface area contributed by atoms with Gasteiger partial charge in [-0.15, -0.1) is 0 Å². The molecule has 0 aliphatic rings. The first-order chi connectivity index (χ1) is 7.69. The molecule has 0 unspecified atom stereocenters. The quantitative estimate of drug-likeness (QED) is 0.774. The van der Waals surface area contributed by atoms with E-state index in [1.54, 1.807) is 7.11 Å². The van der Waals surface area contributed by atoms with Crippen molar-refractivity contribution in [3.05, 3.63) is 26.6 Å². The zero-order chi connectivity index (χ0) is 12.0. The fourth-order valence-corrected chi connectivity index (χ4v) is 2.90. The maximum atomic E-state index is 5.43. The van der Waals surface area contributed by atoms with Gasteiger partial charge in [-0.05, 0) is 47.6 Å². The Kier molecular flexibility index (Phi) is 6.34. The van der Waals surface area contributed by atoms with E-state index in [9.17, 15) is 0 Å². The van der Waals surface area contributed by atoms with Crippen molar-refractivity contribution in [3.63, 3.8) is 0 Å². The summed E-state index contributed by atoms with van der Waals surface area (Å²) in [6.45, 7) is 2.41. The third-order valence-corrected chi connectivity index (χ3v) is 3.21. The molecule has 0 aromatic heterocycles. The van der Waals surface area contributed by atoms with Crippen LogP contribution in [0.2, 0.25) is 0 Å². The molecule has 0 amide bonds. The van der Waals surface area contributed by atoms with Crippen LogP contribution in [0.4, 0.5) is 0 Å². The molecule has 3 nitrogen and oxygen atoms in total. The monoisotopic (exact) mass is 350 g/mol. The zero-order valence-corrected chi connectivity index (χ0v) is 12.4. The Morgan fingerprint density at radius 2 is 2.12 bits per heavy atom. The summed E-state index contributed by atoms with van der Waals surface area (Å²) >= 11 is 6.94. The van der Waals surface area contributed by atoms with E-state index in [1.165, 1.54) is 0 Å². The summed E-state index contributed by atoms with van der Waals surface area (Å²) in [6, 6.07) is 4.03. The maximum absolute atomic E-state index is 5.43. The van der Waals surface area contributed by atoms with Gasteiger partial charge in [0.15, 0.2) is 0 Å². The van der Waals surface area contributed by atoms with Crippen molar-refractivity contribution in [2.75, 3.05) is 20.2 Å². The van der Waals surface area contributed by atoms with Crippen LogP contribution in [0.3, 0.4) is 0 Å². The first-order valence-electron chi connectivity index (χ1n) is 5.11. The Labute approximate surface area is 113 Å². The number of nitrogens with one attached hydrogen (secondary N) is 1. The fourth-order valence-electron chi connectivity index (χ4n) is 1.42. The standard InChI is InChI=1S/C11H16Br2N2O/c1-16-11-8(7-15-4-2-3-14)5-9(12)6-10(11)13/h5-6,15H,2-4,7,14H2,1H3. The van der Waals surface area contributed by atoms with Crippen molar-refractivity contribution in [3.8, 4) is 5.75 Å². The summed E-state index contributed by atoms with van der Waals surface area (Å²) in [6.07, 6.45) is 0.984. The lowest BCUT2D eigenvalue weighted by molar-refractivity contribution is 0.405. The molecule has 0 spiro atoms. The fraction of sp³-hybridized carbons (Fsp3) is 0.455. The predicted octanol–water partition coefficient (Wildman–Crippen LogP) is 2.66. The largest absolute Gasteiger partial charge is 0.495 e. The average molecular weight is 352 g/mol. The van der Waals surface area contributed by atoms with E-state index in [-0.39, 0.29) is 0 Å². The van der Waals surface area contributed by atoms with E-state index in [1.807, 2.05) is 6.07 Å². The van der Waals surface area contributed by atoms with Gasteiger partial charge < -0.3 is 15.8 Å². The number of hydrogen-bond acceptors (Lipinski definition) is 3. The van der Waals surface area contributed by atoms with E-state index in [0.717, 1.165) is 39.8 Å². The normalized spacial score (nSPS) is 10.5. The van der Waals surface area contributed by atoms with Gasteiger partial charge in [-0.2, -0.15) is 0 Å². The zero-order valence-electron chi connectivity index (χ0n) is 9.22. The number of nitrogens with two attached hydrogens (primary N) is 1. The molecule has 0 saturated heterocycles. The second kappa shape index (κ2) is 7.27. The van der Waals surface area contributed by atoms with Crippen molar-refractivity contribution in [2.24, 2.45) is 5.73 Å². The predicted molar refractivity (Wildman–Crippen MR) is 73.8 cm³/mol. The van der Waals surface area contributed by atoms with Crippen LogP contribution in [-0.2, 0) is 6.54 Å². The van der Waals surface area contributed by atoms with Crippen molar-refractivity contribution >= 4 is 31.9 Å². The lowest BCUT2D eigenvalue weighted by atomic mass is 10.2. The number of benzene rings is 1. The molecule has 0 saturated carbocycles. The lowest BCUT2D eigenvalue weighted by Crippen LogP contribution is -2.18. The summed E-state index contributed by atoms with van der Waals surface area (Å²) in [7, 11) is 1.68. The van der Waals surface area contributed by atoms with Crippen LogP contribution in [0.25, 0.3) is 0 Å². The molecular formula is C11H16Br2N2O. The summed E-state index contributed by atoms with van der Waals surface area (Å²) in [5.74, 6) is 0.878. The Morgan fingerprint density at radius 3 is 2.75 bits per heavy atom. The summed E-state index contributed by atoms with van der Waals surface area (Å²) in [4.78, 5) is 0. The molecule has 0 atom stereocenters. The molecule has 0 bridgehead atoms. The van der Waals surface area contributed by atoms with Gasteiger partial charge >= 0.3 is 0 Å². The van der Waals surface area contributed by atoms with E-state index in [2.05, 4.69) is 43.2 Å². The minimum atomic E-state index is 0.715. The van der Waals surface area contributed by atoms with Gasteiger partial charge in [0.1, 0.15) is 5.75 Å². The van der Waals surface area contributed by atoms with Gasteiger partial charge in [-0.1, -0.05) is 15.9 Å². The van der Waals surface area contributed by atoms with Crippen LogP contribution < -0.4 is 15.8 Å². The van der Waals surface area contributed by atoms with Crippen LogP contribution >= 0.6 is 31.9 Å². The molecule has 1 aromatic carbocycles. The highest BCUT2D eigenvalue weighted by Gasteiger charge is 2.08. The second-order valence-corrected chi connectivity index (χ2v) is 5.17. The minimum Gasteiger partial charge on any atom is -0.495 e. The summed E-state index contributed by atoms with van der Waals surface area (Å²) < 4.78 is 7.35. The van der Waals surface area contributed by atoms with Crippen molar-refractivity contribution in [1.29, 1.82) is 0 Å². The number of rotatable bonds is 6. The molecular weight excluding hydrogens is 336 g/mol.